The fourth-order valence-corrected chi connectivity index (χ4v) is 2.20. The number of aliphatic hydroxyl groups excluding tert-OH is 1. The van der Waals surface area contributed by atoms with Gasteiger partial charge in [0.05, 0.1) is 5.92 Å². The van der Waals surface area contributed by atoms with Crippen LogP contribution in [0, 0.1) is 5.92 Å². The first-order valence-corrected chi connectivity index (χ1v) is 7.75. The smallest absolute Gasteiger partial charge is 0.227 e. The van der Waals surface area contributed by atoms with Gasteiger partial charge in [0.1, 0.15) is 0 Å². The highest BCUT2D eigenvalue weighted by Gasteiger charge is 2.24. The van der Waals surface area contributed by atoms with E-state index in [0.29, 0.717) is 12.0 Å². The van der Waals surface area contributed by atoms with Crippen molar-refractivity contribution in [1.29, 1.82) is 0 Å². The Balaban J connectivity index is 2.79. The van der Waals surface area contributed by atoms with Crippen LogP contribution in [0.1, 0.15) is 62.9 Å². The number of benzene rings is 1. The van der Waals surface area contributed by atoms with Crippen molar-refractivity contribution in [2.75, 3.05) is 6.61 Å². The molecule has 0 aliphatic carbocycles. The molecule has 1 aromatic carbocycles. The highest BCUT2D eigenvalue weighted by Crippen LogP contribution is 2.19. The first-order chi connectivity index (χ1) is 10.2. The van der Waals surface area contributed by atoms with Crippen LogP contribution in [0.2, 0.25) is 0 Å². The van der Waals surface area contributed by atoms with Gasteiger partial charge in [0.2, 0.25) is 5.91 Å². The van der Waals surface area contributed by atoms with Gasteiger partial charge in [-0.05, 0) is 32.8 Å². The molecule has 1 aromatic rings. The Kier molecular flexibility index (Phi) is 6.30. The summed E-state index contributed by atoms with van der Waals surface area (Å²) < 4.78 is 0. The Labute approximate surface area is 132 Å². The van der Waals surface area contributed by atoms with E-state index in [2.05, 4.69) is 5.32 Å². The summed E-state index contributed by atoms with van der Waals surface area (Å²) in [6.45, 7) is 9.39. The van der Waals surface area contributed by atoms with Crippen molar-refractivity contribution in [3.8, 4) is 0 Å². The summed E-state index contributed by atoms with van der Waals surface area (Å²) in [5, 5.41) is 12.0. The topological polar surface area (TPSA) is 66.4 Å². The lowest BCUT2D eigenvalue weighted by Crippen LogP contribution is -2.45. The van der Waals surface area contributed by atoms with Crippen molar-refractivity contribution in [1.82, 2.24) is 5.32 Å². The Hall–Kier alpha value is -1.68. The van der Waals surface area contributed by atoms with Crippen LogP contribution in [0.3, 0.4) is 0 Å². The number of aliphatic hydroxyl groups is 1. The number of carbonyl (C=O) groups is 2. The van der Waals surface area contributed by atoms with Gasteiger partial charge in [-0.2, -0.15) is 0 Å². The molecule has 1 atom stereocenters. The van der Waals surface area contributed by atoms with E-state index in [-0.39, 0.29) is 30.1 Å². The van der Waals surface area contributed by atoms with Crippen LogP contribution in [0.15, 0.2) is 24.3 Å². The summed E-state index contributed by atoms with van der Waals surface area (Å²) in [6.07, 6.45) is 0.507. The highest BCUT2D eigenvalue weighted by molar-refractivity contribution is 5.97. The number of hydrogen-bond acceptors (Lipinski definition) is 3. The van der Waals surface area contributed by atoms with E-state index >= 15 is 0 Å². The molecule has 0 aliphatic heterocycles. The third-order valence-electron chi connectivity index (χ3n) is 3.81. The SMILES string of the molecule is CC(C)C(=O)c1ccc([C@H](C)C(=O)NC(C)(C)CCO)cc1. The van der Waals surface area contributed by atoms with Crippen molar-refractivity contribution in [3.05, 3.63) is 35.4 Å². The van der Waals surface area contributed by atoms with Gasteiger partial charge in [0.25, 0.3) is 0 Å². The van der Waals surface area contributed by atoms with E-state index in [1.165, 1.54) is 0 Å². The minimum Gasteiger partial charge on any atom is -0.396 e. The number of Topliss-reactive ketones (excluding diaryl/α,β-unsaturated/α-hetero) is 1. The lowest BCUT2D eigenvalue weighted by molar-refractivity contribution is -0.123. The van der Waals surface area contributed by atoms with Gasteiger partial charge < -0.3 is 10.4 Å². The third-order valence-corrected chi connectivity index (χ3v) is 3.81. The molecule has 4 heteroatoms. The Morgan fingerprint density at radius 1 is 1.14 bits per heavy atom. The molecular formula is C18H27NO3. The van der Waals surface area contributed by atoms with E-state index in [1.54, 1.807) is 12.1 Å². The fraction of sp³-hybridized carbons (Fsp3) is 0.556. The molecule has 22 heavy (non-hydrogen) atoms. The molecule has 0 aliphatic rings. The minimum absolute atomic E-state index is 0.0354. The zero-order valence-electron chi connectivity index (χ0n) is 14.1. The van der Waals surface area contributed by atoms with Gasteiger partial charge in [0, 0.05) is 23.6 Å². The summed E-state index contributed by atoms with van der Waals surface area (Å²) in [7, 11) is 0. The zero-order valence-corrected chi connectivity index (χ0v) is 14.1. The predicted molar refractivity (Wildman–Crippen MR) is 88.0 cm³/mol. The maximum atomic E-state index is 12.3. The van der Waals surface area contributed by atoms with Crippen molar-refractivity contribution in [3.63, 3.8) is 0 Å². The summed E-state index contributed by atoms with van der Waals surface area (Å²) in [5.41, 5.74) is 1.11. The van der Waals surface area contributed by atoms with Gasteiger partial charge in [-0.3, -0.25) is 9.59 Å². The third kappa shape index (κ3) is 4.95. The van der Waals surface area contributed by atoms with Gasteiger partial charge in [-0.1, -0.05) is 38.1 Å². The fourth-order valence-electron chi connectivity index (χ4n) is 2.20. The monoisotopic (exact) mass is 305 g/mol. The average Bonchev–Trinajstić information content (AvgIpc) is 2.45. The standard InChI is InChI=1S/C18H27NO3/c1-12(2)16(21)15-8-6-14(7-9-15)13(3)17(22)19-18(4,5)10-11-20/h6-9,12-13,20H,10-11H2,1-5H3,(H,19,22)/t13-/m0/s1. The van der Waals surface area contributed by atoms with Crippen molar-refractivity contribution in [2.24, 2.45) is 5.92 Å². The van der Waals surface area contributed by atoms with E-state index < -0.39 is 5.54 Å². The number of carbonyl (C=O) groups excluding carboxylic acids is 2. The maximum absolute atomic E-state index is 12.3. The van der Waals surface area contributed by atoms with Gasteiger partial charge >= 0.3 is 0 Å². The second-order valence-corrected chi connectivity index (χ2v) is 6.71. The van der Waals surface area contributed by atoms with Gasteiger partial charge in [0.15, 0.2) is 5.78 Å². The molecule has 0 heterocycles. The number of nitrogens with one attached hydrogen (secondary N) is 1. The molecule has 0 bridgehead atoms. The molecule has 4 nitrogen and oxygen atoms in total. The number of hydrogen-bond donors (Lipinski definition) is 2. The van der Waals surface area contributed by atoms with Crippen LogP contribution in [0.5, 0.6) is 0 Å². The van der Waals surface area contributed by atoms with Gasteiger partial charge in [-0.15, -0.1) is 0 Å². The molecule has 2 N–H and O–H groups in total. The molecule has 0 spiro atoms. The van der Waals surface area contributed by atoms with E-state index in [9.17, 15) is 9.59 Å². The lowest BCUT2D eigenvalue weighted by atomic mass is 9.94. The molecule has 0 aromatic heterocycles. The quantitative estimate of drug-likeness (QED) is 0.761. The maximum Gasteiger partial charge on any atom is 0.227 e. The average molecular weight is 305 g/mol. The van der Waals surface area contributed by atoms with Crippen LogP contribution in [0.25, 0.3) is 0 Å². The molecule has 0 fully saturated rings. The Morgan fingerprint density at radius 2 is 1.68 bits per heavy atom. The van der Waals surface area contributed by atoms with Crippen LogP contribution in [-0.2, 0) is 4.79 Å². The molecule has 122 valence electrons. The second-order valence-electron chi connectivity index (χ2n) is 6.71. The van der Waals surface area contributed by atoms with E-state index in [1.807, 2.05) is 46.8 Å². The van der Waals surface area contributed by atoms with E-state index in [4.69, 9.17) is 5.11 Å². The summed E-state index contributed by atoms with van der Waals surface area (Å²) >= 11 is 0. The van der Waals surface area contributed by atoms with Crippen molar-refractivity contribution < 1.29 is 14.7 Å². The van der Waals surface area contributed by atoms with Crippen molar-refractivity contribution in [2.45, 2.75) is 52.5 Å². The van der Waals surface area contributed by atoms with E-state index in [0.717, 1.165) is 5.56 Å². The first-order valence-electron chi connectivity index (χ1n) is 7.75. The summed E-state index contributed by atoms with van der Waals surface area (Å²) in [5.74, 6) is -0.318. The summed E-state index contributed by atoms with van der Waals surface area (Å²) in [6, 6.07) is 7.22. The molecule has 0 saturated heterocycles. The largest absolute Gasteiger partial charge is 0.396 e. The molecule has 1 rings (SSSR count). The second kappa shape index (κ2) is 7.54. The lowest BCUT2D eigenvalue weighted by Gasteiger charge is -2.27. The molecule has 0 saturated carbocycles. The minimum atomic E-state index is -0.437. The van der Waals surface area contributed by atoms with Crippen LogP contribution < -0.4 is 5.32 Å². The summed E-state index contributed by atoms with van der Waals surface area (Å²) in [4.78, 5) is 24.2. The van der Waals surface area contributed by atoms with Crippen LogP contribution in [0.4, 0.5) is 0 Å². The highest BCUT2D eigenvalue weighted by atomic mass is 16.3. The number of ketones is 1. The number of rotatable bonds is 7. The van der Waals surface area contributed by atoms with Crippen LogP contribution >= 0.6 is 0 Å². The first kappa shape index (κ1) is 18.4. The zero-order chi connectivity index (χ0) is 16.9. The molecular weight excluding hydrogens is 278 g/mol. The Morgan fingerprint density at radius 3 is 2.14 bits per heavy atom. The predicted octanol–water partition coefficient (Wildman–Crippen LogP) is 2.91. The Bertz CT molecular complexity index is 518. The number of amides is 1. The normalized spacial score (nSPS) is 13.0. The molecule has 0 radical (unpaired) electrons. The molecule has 0 unspecified atom stereocenters. The van der Waals surface area contributed by atoms with Crippen LogP contribution in [-0.4, -0.2) is 28.9 Å². The molecule has 1 amide bonds. The van der Waals surface area contributed by atoms with Gasteiger partial charge in [-0.25, -0.2) is 0 Å². The van der Waals surface area contributed by atoms with Crippen molar-refractivity contribution >= 4 is 11.7 Å².